The number of hydrogen-bond acceptors (Lipinski definition) is 5. The lowest BCUT2D eigenvalue weighted by atomic mass is 10.1. The van der Waals surface area contributed by atoms with Crippen LogP contribution in [0.25, 0.3) is 0 Å². The third-order valence-corrected chi connectivity index (χ3v) is 9.83. The molecule has 0 saturated heterocycles. The molecule has 0 bridgehead atoms. The van der Waals surface area contributed by atoms with Gasteiger partial charge in [0.05, 0.1) is 17.7 Å². The van der Waals surface area contributed by atoms with Crippen LogP contribution in [-0.4, -0.2) is 50.9 Å². The molecule has 1 aliphatic rings. The summed E-state index contributed by atoms with van der Waals surface area (Å²) in [4.78, 5) is 29.3. The van der Waals surface area contributed by atoms with Crippen molar-refractivity contribution in [1.82, 2.24) is 10.2 Å². The molecule has 218 valence electrons. The Hall–Kier alpha value is -3.12. The lowest BCUT2D eigenvalue weighted by Crippen LogP contribution is -2.53. The summed E-state index contributed by atoms with van der Waals surface area (Å²) in [5.74, 6) is -0.00299. The van der Waals surface area contributed by atoms with Gasteiger partial charge in [-0.05, 0) is 95.9 Å². The van der Waals surface area contributed by atoms with Gasteiger partial charge in [-0.2, -0.15) is 0 Å². The van der Waals surface area contributed by atoms with Crippen molar-refractivity contribution in [3.63, 3.8) is 0 Å². The van der Waals surface area contributed by atoms with Crippen molar-refractivity contribution < 1.29 is 22.7 Å². The minimum Gasteiger partial charge on any atom is -0.497 e. The van der Waals surface area contributed by atoms with Crippen LogP contribution < -0.4 is 14.4 Å². The number of methoxy groups -OCH3 is 1. The Kier molecular flexibility index (Phi) is 10.7. The van der Waals surface area contributed by atoms with Crippen molar-refractivity contribution in [3.8, 4) is 5.75 Å². The zero-order valence-electron chi connectivity index (χ0n) is 23.3. The van der Waals surface area contributed by atoms with E-state index < -0.39 is 28.5 Å². The van der Waals surface area contributed by atoms with Crippen LogP contribution in [0.15, 0.2) is 83.8 Å². The van der Waals surface area contributed by atoms with Crippen molar-refractivity contribution in [3.05, 3.63) is 88.0 Å². The van der Waals surface area contributed by atoms with E-state index in [-0.39, 0.29) is 23.4 Å². The van der Waals surface area contributed by atoms with Gasteiger partial charge in [0.25, 0.3) is 10.0 Å². The molecule has 1 aliphatic carbocycles. The Bertz CT molecular complexity index is 1410. The van der Waals surface area contributed by atoms with Gasteiger partial charge in [0.1, 0.15) is 18.3 Å². The highest BCUT2D eigenvalue weighted by Gasteiger charge is 2.34. The standard InChI is InChI=1S/C31H36IN3O5S/c1-3-29(31(37)33-25-9-7-8-10-25)34(21-23-13-19-27(40-2)20-14-23)30(36)22-35(26-17-15-24(32)16-18-26)41(38,39)28-11-5-4-6-12-28/h4-6,11-20,25,29H,3,7-10,21-22H2,1-2H3,(H,33,37)/t29-/m1/s1. The number of halogens is 1. The van der Waals surface area contributed by atoms with Crippen LogP contribution in [0.4, 0.5) is 5.69 Å². The van der Waals surface area contributed by atoms with Gasteiger partial charge in [0.2, 0.25) is 11.8 Å². The molecule has 1 N–H and O–H groups in total. The second-order valence-electron chi connectivity index (χ2n) is 10.1. The van der Waals surface area contributed by atoms with Crippen LogP contribution in [0.1, 0.15) is 44.6 Å². The van der Waals surface area contributed by atoms with Gasteiger partial charge in [0, 0.05) is 16.2 Å². The Labute approximate surface area is 256 Å². The number of carbonyl (C=O) groups excluding carboxylic acids is 2. The molecule has 0 aromatic heterocycles. The average molecular weight is 690 g/mol. The number of benzene rings is 3. The largest absolute Gasteiger partial charge is 0.497 e. The second kappa shape index (κ2) is 14.2. The molecule has 0 radical (unpaired) electrons. The second-order valence-corrected chi connectivity index (χ2v) is 13.2. The number of ether oxygens (including phenoxy) is 1. The SMILES string of the molecule is CC[C@H](C(=O)NC1CCCC1)N(Cc1ccc(OC)cc1)C(=O)CN(c1ccc(I)cc1)S(=O)(=O)c1ccccc1. The molecule has 2 amide bonds. The van der Waals surface area contributed by atoms with Gasteiger partial charge in [-0.1, -0.05) is 50.1 Å². The molecule has 0 unspecified atom stereocenters. The van der Waals surface area contributed by atoms with E-state index in [0.29, 0.717) is 17.9 Å². The molecule has 0 heterocycles. The van der Waals surface area contributed by atoms with E-state index in [9.17, 15) is 18.0 Å². The van der Waals surface area contributed by atoms with E-state index in [4.69, 9.17) is 4.74 Å². The van der Waals surface area contributed by atoms with Gasteiger partial charge < -0.3 is 15.0 Å². The van der Waals surface area contributed by atoms with Crippen LogP contribution in [0.5, 0.6) is 5.75 Å². The first-order valence-corrected chi connectivity index (χ1v) is 16.3. The number of amides is 2. The van der Waals surface area contributed by atoms with Crippen LogP contribution in [-0.2, 0) is 26.2 Å². The highest BCUT2D eigenvalue weighted by atomic mass is 127. The molecule has 1 saturated carbocycles. The Morgan fingerprint density at radius 3 is 2.20 bits per heavy atom. The molecule has 10 heteroatoms. The highest BCUT2D eigenvalue weighted by Crippen LogP contribution is 2.26. The molecule has 1 atom stereocenters. The number of sulfonamides is 1. The number of nitrogens with zero attached hydrogens (tertiary/aromatic N) is 2. The maximum Gasteiger partial charge on any atom is 0.264 e. The predicted molar refractivity (Wildman–Crippen MR) is 168 cm³/mol. The average Bonchev–Trinajstić information content (AvgIpc) is 3.50. The van der Waals surface area contributed by atoms with Gasteiger partial charge in [-0.3, -0.25) is 13.9 Å². The maximum absolute atomic E-state index is 14.2. The van der Waals surface area contributed by atoms with Crippen molar-refractivity contribution in [2.75, 3.05) is 18.0 Å². The first-order valence-electron chi connectivity index (χ1n) is 13.8. The summed E-state index contributed by atoms with van der Waals surface area (Å²) in [7, 11) is -2.50. The van der Waals surface area contributed by atoms with E-state index in [2.05, 4.69) is 27.9 Å². The Morgan fingerprint density at radius 2 is 1.61 bits per heavy atom. The number of anilines is 1. The zero-order valence-corrected chi connectivity index (χ0v) is 26.3. The summed E-state index contributed by atoms with van der Waals surface area (Å²) >= 11 is 2.15. The molecule has 1 fully saturated rings. The van der Waals surface area contributed by atoms with E-state index in [1.54, 1.807) is 61.7 Å². The van der Waals surface area contributed by atoms with Gasteiger partial charge in [-0.15, -0.1) is 0 Å². The van der Waals surface area contributed by atoms with E-state index in [1.165, 1.54) is 17.0 Å². The lowest BCUT2D eigenvalue weighted by Gasteiger charge is -2.33. The minimum atomic E-state index is -4.08. The number of nitrogens with one attached hydrogen (secondary N) is 1. The molecule has 41 heavy (non-hydrogen) atoms. The molecular weight excluding hydrogens is 653 g/mol. The zero-order chi connectivity index (χ0) is 29.4. The summed E-state index contributed by atoms with van der Waals surface area (Å²) in [5, 5.41) is 3.13. The fraction of sp³-hybridized carbons (Fsp3) is 0.355. The van der Waals surface area contributed by atoms with Crippen LogP contribution >= 0.6 is 22.6 Å². The summed E-state index contributed by atoms with van der Waals surface area (Å²) in [6.07, 6.45) is 4.36. The fourth-order valence-corrected chi connectivity index (χ4v) is 6.87. The van der Waals surface area contributed by atoms with Crippen LogP contribution in [0.3, 0.4) is 0 Å². The molecular formula is C31H36IN3O5S. The number of hydrogen-bond donors (Lipinski definition) is 1. The quantitative estimate of drug-likeness (QED) is 0.259. The molecule has 3 aromatic carbocycles. The van der Waals surface area contributed by atoms with E-state index in [1.807, 2.05) is 19.1 Å². The van der Waals surface area contributed by atoms with Crippen LogP contribution in [0, 0.1) is 3.57 Å². The summed E-state index contributed by atoms with van der Waals surface area (Å²) in [5.41, 5.74) is 1.17. The number of carbonyl (C=O) groups is 2. The third kappa shape index (κ3) is 7.79. The normalized spacial score (nSPS) is 14.3. The monoisotopic (exact) mass is 689 g/mol. The van der Waals surface area contributed by atoms with E-state index >= 15 is 0 Å². The molecule has 3 aromatic rings. The molecule has 8 nitrogen and oxygen atoms in total. The smallest absolute Gasteiger partial charge is 0.264 e. The van der Waals surface area contributed by atoms with E-state index in [0.717, 1.165) is 39.1 Å². The molecule has 0 spiro atoms. The van der Waals surface area contributed by atoms with Crippen molar-refractivity contribution in [2.24, 2.45) is 0 Å². The van der Waals surface area contributed by atoms with Crippen molar-refractivity contribution >= 4 is 50.1 Å². The lowest BCUT2D eigenvalue weighted by molar-refractivity contribution is -0.140. The van der Waals surface area contributed by atoms with Crippen molar-refractivity contribution in [1.29, 1.82) is 0 Å². The summed E-state index contributed by atoms with van der Waals surface area (Å²) < 4.78 is 35.1. The Balaban J connectivity index is 1.69. The third-order valence-electron chi connectivity index (χ3n) is 7.32. The summed E-state index contributed by atoms with van der Waals surface area (Å²) in [6, 6.07) is 21.7. The molecule has 0 aliphatic heterocycles. The topological polar surface area (TPSA) is 96.0 Å². The first kappa shape index (κ1) is 30.8. The van der Waals surface area contributed by atoms with Gasteiger partial charge in [0.15, 0.2) is 0 Å². The maximum atomic E-state index is 14.2. The Morgan fingerprint density at radius 1 is 0.976 bits per heavy atom. The first-order chi connectivity index (χ1) is 19.7. The molecule has 4 rings (SSSR count). The predicted octanol–water partition coefficient (Wildman–Crippen LogP) is 5.36. The van der Waals surface area contributed by atoms with Crippen molar-refractivity contribution in [2.45, 2.75) is 62.6 Å². The van der Waals surface area contributed by atoms with Crippen LogP contribution in [0.2, 0.25) is 0 Å². The minimum absolute atomic E-state index is 0.0825. The van der Waals surface area contributed by atoms with Gasteiger partial charge in [-0.25, -0.2) is 8.42 Å². The number of rotatable bonds is 12. The highest BCUT2D eigenvalue weighted by molar-refractivity contribution is 14.1. The summed E-state index contributed by atoms with van der Waals surface area (Å²) in [6.45, 7) is 1.55. The fourth-order valence-electron chi connectivity index (χ4n) is 5.07. The van der Waals surface area contributed by atoms with Gasteiger partial charge >= 0.3 is 0 Å².